The Hall–Kier alpha value is -0.320. The van der Waals surface area contributed by atoms with Crippen LogP contribution in [0.3, 0.4) is 0 Å². The number of aryl methyl sites for hydroxylation is 1. The van der Waals surface area contributed by atoms with E-state index >= 15 is 0 Å². The Kier molecular flexibility index (Phi) is 3.72. The van der Waals surface area contributed by atoms with Gasteiger partial charge in [0.15, 0.2) is 0 Å². The predicted molar refractivity (Wildman–Crippen MR) is 77.1 cm³/mol. The fourth-order valence-corrected chi connectivity index (χ4v) is 2.18. The number of hydrogen-bond acceptors (Lipinski definition) is 1. The standard InChI is InChI=1S/C12H8Cl2IN/c1-7-4-12(16-6-11(7)15)9-3-2-8(13)5-10(9)14/h2-6H,1H3. The summed E-state index contributed by atoms with van der Waals surface area (Å²) in [4.78, 5) is 4.36. The molecule has 16 heavy (non-hydrogen) atoms. The second-order valence-corrected chi connectivity index (χ2v) is 5.45. The van der Waals surface area contributed by atoms with Gasteiger partial charge in [0.2, 0.25) is 0 Å². The van der Waals surface area contributed by atoms with Crippen LogP contribution in [-0.4, -0.2) is 4.98 Å². The first-order chi connectivity index (χ1) is 7.58. The number of halogens is 3. The lowest BCUT2D eigenvalue weighted by Gasteiger charge is -2.06. The third kappa shape index (κ3) is 2.50. The molecule has 1 heterocycles. The normalized spacial score (nSPS) is 10.5. The Morgan fingerprint density at radius 1 is 1.19 bits per heavy atom. The highest BCUT2D eigenvalue weighted by Crippen LogP contribution is 2.29. The van der Waals surface area contributed by atoms with E-state index in [1.54, 1.807) is 6.07 Å². The Bertz CT molecular complexity index is 541. The molecule has 0 spiro atoms. The minimum absolute atomic E-state index is 0.626. The number of nitrogens with zero attached hydrogens (tertiary/aromatic N) is 1. The van der Waals surface area contributed by atoms with Gasteiger partial charge in [-0.2, -0.15) is 0 Å². The lowest BCUT2D eigenvalue weighted by Crippen LogP contribution is -1.88. The molecule has 1 aromatic carbocycles. The molecule has 1 nitrogen and oxygen atoms in total. The molecule has 2 aromatic rings. The molecule has 2 rings (SSSR count). The quantitative estimate of drug-likeness (QED) is 0.652. The molecule has 82 valence electrons. The minimum atomic E-state index is 0.626. The predicted octanol–water partition coefficient (Wildman–Crippen LogP) is 4.97. The molecule has 0 bridgehead atoms. The molecule has 1 aromatic heterocycles. The number of aromatic nitrogens is 1. The summed E-state index contributed by atoms with van der Waals surface area (Å²) < 4.78 is 1.14. The van der Waals surface area contributed by atoms with Crippen LogP contribution in [-0.2, 0) is 0 Å². The first-order valence-electron chi connectivity index (χ1n) is 4.65. The molecule has 0 radical (unpaired) electrons. The summed E-state index contributed by atoms with van der Waals surface area (Å²) in [6.07, 6.45) is 1.84. The van der Waals surface area contributed by atoms with Crippen molar-refractivity contribution in [2.75, 3.05) is 0 Å². The van der Waals surface area contributed by atoms with Crippen LogP contribution in [0.2, 0.25) is 10.0 Å². The van der Waals surface area contributed by atoms with Crippen molar-refractivity contribution < 1.29 is 0 Å². The Labute approximate surface area is 118 Å². The van der Waals surface area contributed by atoms with Crippen molar-refractivity contribution in [2.45, 2.75) is 6.92 Å². The van der Waals surface area contributed by atoms with E-state index in [0.29, 0.717) is 10.0 Å². The van der Waals surface area contributed by atoms with Crippen LogP contribution in [0.5, 0.6) is 0 Å². The lowest BCUT2D eigenvalue weighted by molar-refractivity contribution is 1.26. The summed E-state index contributed by atoms with van der Waals surface area (Å²) in [7, 11) is 0. The van der Waals surface area contributed by atoms with Gasteiger partial charge < -0.3 is 0 Å². The van der Waals surface area contributed by atoms with Gasteiger partial charge in [0.05, 0.1) is 10.7 Å². The van der Waals surface area contributed by atoms with Crippen LogP contribution in [0.1, 0.15) is 5.56 Å². The van der Waals surface area contributed by atoms with Crippen LogP contribution in [0.4, 0.5) is 0 Å². The monoisotopic (exact) mass is 363 g/mol. The smallest absolute Gasteiger partial charge is 0.0720 e. The number of hydrogen-bond donors (Lipinski definition) is 0. The lowest BCUT2D eigenvalue weighted by atomic mass is 10.1. The molecule has 0 unspecified atom stereocenters. The van der Waals surface area contributed by atoms with E-state index in [1.807, 2.05) is 24.4 Å². The van der Waals surface area contributed by atoms with Crippen LogP contribution in [0, 0.1) is 10.5 Å². The molecule has 0 aliphatic heterocycles. The molecule has 0 saturated carbocycles. The van der Waals surface area contributed by atoms with Gasteiger partial charge in [-0.25, -0.2) is 0 Å². The zero-order valence-corrected chi connectivity index (χ0v) is 12.1. The van der Waals surface area contributed by atoms with Crippen molar-refractivity contribution in [3.63, 3.8) is 0 Å². The highest BCUT2D eigenvalue weighted by atomic mass is 127. The third-order valence-electron chi connectivity index (χ3n) is 2.25. The van der Waals surface area contributed by atoms with E-state index in [1.165, 1.54) is 5.56 Å². The van der Waals surface area contributed by atoms with E-state index < -0.39 is 0 Å². The van der Waals surface area contributed by atoms with Gasteiger partial charge in [-0.1, -0.05) is 23.2 Å². The molecule has 0 saturated heterocycles. The van der Waals surface area contributed by atoms with Gasteiger partial charge in [-0.15, -0.1) is 0 Å². The van der Waals surface area contributed by atoms with Crippen molar-refractivity contribution >= 4 is 45.8 Å². The molecule has 0 fully saturated rings. The largest absolute Gasteiger partial charge is 0.255 e. The Morgan fingerprint density at radius 3 is 2.56 bits per heavy atom. The van der Waals surface area contributed by atoms with E-state index in [9.17, 15) is 0 Å². The van der Waals surface area contributed by atoms with Gasteiger partial charge in [0.1, 0.15) is 0 Å². The topological polar surface area (TPSA) is 12.9 Å². The van der Waals surface area contributed by atoms with E-state index in [4.69, 9.17) is 23.2 Å². The highest BCUT2D eigenvalue weighted by Gasteiger charge is 2.06. The molecule has 0 aliphatic carbocycles. The zero-order valence-electron chi connectivity index (χ0n) is 8.47. The SMILES string of the molecule is Cc1cc(-c2ccc(Cl)cc2Cl)ncc1I. The maximum atomic E-state index is 6.13. The zero-order chi connectivity index (χ0) is 11.7. The maximum Gasteiger partial charge on any atom is 0.0720 e. The van der Waals surface area contributed by atoms with Gasteiger partial charge in [-0.05, 0) is 59.3 Å². The third-order valence-corrected chi connectivity index (χ3v) is 3.93. The molecule has 4 heteroatoms. The van der Waals surface area contributed by atoms with Crippen molar-refractivity contribution in [3.05, 3.63) is 49.6 Å². The van der Waals surface area contributed by atoms with Gasteiger partial charge >= 0.3 is 0 Å². The van der Waals surface area contributed by atoms with Gasteiger partial charge in [-0.3, -0.25) is 4.98 Å². The van der Waals surface area contributed by atoms with Crippen LogP contribution in [0.15, 0.2) is 30.5 Å². The summed E-state index contributed by atoms with van der Waals surface area (Å²) >= 11 is 14.2. The van der Waals surface area contributed by atoms with Crippen LogP contribution < -0.4 is 0 Å². The van der Waals surface area contributed by atoms with Crippen LogP contribution in [0.25, 0.3) is 11.3 Å². The first kappa shape index (κ1) is 12.1. The fraction of sp³-hybridized carbons (Fsp3) is 0.0833. The average molecular weight is 364 g/mol. The van der Waals surface area contributed by atoms with Crippen molar-refractivity contribution in [1.82, 2.24) is 4.98 Å². The molecule has 0 aliphatic rings. The van der Waals surface area contributed by atoms with Crippen LogP contribution >= 0.6 is 45.8 Å². The van der Waals surface area contributed by atoms with Crippen molar-refractivity contribution in [3.8, 4) is 11.3 Å². The van der Waals surface area contributed by atoms with Gasteiger partial charge in [0, 0.05) is 20.4 Å². The summed E-state index contributed by atoms with van der Waals surface area (Å²) in [5, 5.41) is 1.26. The summed E-state index contributed by atoms with van der Waals surface area (Å²) in [5.41, 5.74) is 2.97. The van der Waals surface area contributed by atoms with E-state index in [0.717, 1.165) is 14.8 Å². The highest BCUT2D eigenvalue weighted by molar-refractivity contribution is 14.1. The molecular formula is C12H8Cl2IN. The van der Waals surface area contributed by atoms with Crippen molar-refractivity contribution in [1.29, 1.82) is 0 Å². The summed E-state index contributed by atoms with van der Waals surface area (Å²) in [6, 6.07) is 7.46. The second-order valence-electron chi connectivity index (χ2n) is 3.44. The summed E-state index contributed by atoms with van der Waals surface area (Å²) in [5.74, 6) is 0. The fourth-order valence-electron chi connectivity index (χ4n) is 1.38. The molecule has 0 atom stereocenters. The molecule has 0 N–H and O–H groups in total. The van der Waals surface area contributed by atoms with E-state index in [-0.39, 0.29) is 0 Å². The average Bonchev–Trinajstić information content (AvgIpc) is 2.22. The molecule has 0 amide bonds. The number of pyridine rings is 1. The molecular weight excluding hydrogens is 356 g/mol. The first-order valence-corrected chi connectivity index (χ1v) is 6.49. The Morgan fingerprint density at radius 2 is 1.94 bits per heavy atom. The Balaban J connectivity index is 2.54. The second kappa shape index (κ2) is 4.90. The summed E-state index contributed by atoms with van der Waals surface area (Å²) in [6.45, 7) is 2.05. The number of rotatable bonds is 1. The van der Waals surface area contributed by atoms with Crippen molar-refractivity contribution in [2.24, 2.45) is 0 Å². The number of benzene rings is 1. The van der Waals surface area contributed by atoms with Gasteiger partial charge in [0.25, 0.3) is 0 Å². The maximum absolute atomic E-state index is 6.13. The minimum Gasteiger partial charge on any atom is -0.255 e. The van der Waals surface area contributed by atoms with E-state index in [2.05, 4.69) is 34.5 Å².